The predicted molar refractivity (Wildman–Crippen MR) is 101 cm³/mol. The van der Waals surface area contributed by atoms with E-state index in [1.165, 1.54) is 5.56 Å². The summed E-state index contributed by atoms with van der Waals surface area (Å²) in [5, 5.41) is 12.4. The number of rotatable bonds is 5. The second-order valence-corrected chi connectivity index (χ2v) is 6.80. The fourth-order valence-electron chi connectivity index (χ4n) is 3.35. The molecule has 4 rings (SSSR count). The highest BCUT2D eigenvalue weighted by Crippen LogP contribution is 2.24. The maximum atomic E-state index is 5.95. The SMILES string of the molecule is Cc1ccc(-n2nnnc2N2CCCC(COc3ccccc3)C2)cc1. The fourth-order valence-corrected chi connectivity index (χ4v) is 3.35. The van der Waals surface area contributed by atoms with Crippen molar-refractivity contribution in [1.29, 1.82) is 0 Å². The van der Waals surface area contributed by atoms with Crippen LogP contribution >= 0.6 is 0 Å². The number of nitrogens with zero attached hydrogens (tertiary/aromatic N) is 5. The molecule has 1 unspecified atom stereocenters. The van der Waals surface area contributed by atoms with Gasteiger partial charge in [-0.05, 0) is 54.5 Å². The molecule has 1 aromatic heterocycles. The zero-order valence-corrected chi connectivity index (χ0v) is 15.0. The molecule has 0 bridgehead atoms. The summed E-state index contributed by atoms with van der Waals surface area (Å²) < 4.78 is 7.77. The van der Waals surface area contributed by atoms with Gasteiger partial charge in [0.15, 0.2) is 0 Å². The van der Waals surface area contributed by atoms with E-state index in [1.54, 1.807) is 0 Å². The third-order valence-electron chi connectivity index (χ3n) is 4.76. The van der Waals surface area contributed by atoms with Gasteiger partial charge in [0.25, 0.3) is 0 Å². The average Bonchev–Trinajstić information content (AvgIpc) is 3.18. The number of hydrogen-bond donors (Lipinski definition) is 0. The normalized spacial score (nSPS) is 17.3. The molecule has 0 saturated carbocycles. The highest BCUT2D eigenvalue weighted by Gasteiger charge is 2.25. The molecule has 0 N–H and O–H groups in total. The summed E-state index contributed by atoms with van der Waals surface area (Å²) >= 11 is 0. The van der Waals surface area contributed by atoms with E-state index >= 15 is 0 Å². The predicted octanol–water partition coefficient (Wildman–Crippen LogP) is 3.27. The Bertz CT molecular complexity index is 831. The van der Waals surface area contributed by atoms with Crippen LogP contribution in [0.5, 0.6) is 5.75 Å². The summed E-state index contributed by atoms with van der Waals surface area (Å²) in [5.74, 6) is 2.19. The van der Waals surface area contributed by atoms with Crippen LogP contribution in [0.1, 0.15) is 18.4 Å². The zero-order chi connectivity index (χ0) is 17.8. The number of anilines is 1. The molecule has 2 heterocycles. The van der Waals surface area contributed by atoms with Crippen LogP contribution in [0.25, 0.3) is 5.69 Å². The van der Waals surface area contributed by atoms with Crippen molar-refractivity contribution in [2.24, 2.45) is 5.92 Å². The molecule has 1 fully saturated rings. The number of aromatic nitrogens is 4. The van der Waals surface area contributed by atoms with E-state index in [1.807, 2.05) is 35.0 Å². The summed E-state index contributed by atoms with van der Waals surface area (Å²) in [7, 11) is 0. The number of tetrazole rings is 1. The van der Waals surface area contributed by atoms with Crippen LogP contribution in [0.4, 0.5) is 5.95 Å². The minimum Gasteiger partial charge on any atom is -0.493 e. The average molecular weight is 349 g/mol. The van der Waals surface area contributed by atoms with Crippen LogP contribution < -0.4 is 9.64 Å². The molecule has 0 aliphatic carbocycles. The third kappa shape index (κ3) is 3.69. The molecule has 134 valence electrons. The molecule has 0 amide bonds. The van der Waals surface area contributed by atoms with E-state index in [-0.39, 0.29) is 0 Å². The van der Waals surface area contributed by atoms with Crippen molar-refractivity contribution in [3.63, 3.8) is 0 Å². The van der Waals surface area contributed by atoms with Gasteiger partial charge in [-0.25, -0.2) is 0 Å². The summed E-state index contributed by atoms with van der Waals surface area (Å²) in [4.78, 5) is 2.27. The van der Waals surface area contributed by atoms with Gasteiger partial charge in [-0.2, -0.15) is 4.68 Å². The maximum Gasteiger partial charge on any atom is 0.250 e. The number of benzene rings is 2. The lowest BCUT2D eigenvalue weighted by molar-refractivity contribution is 0.228. The number of para-hydroxylation sites is 1. The molecule has 0 spiro atoms. The van der Waals surface area contributed by atoms with Crippen molar-refractivity contribution in [2.75, 3.05) is 24.6 Å². The van der Waals surface area contributed by atoms with E-state index in [0.29, 0.717) is 12.5 Å². The van der Waals surface area contributed by atoms with Crippen LogP contribution in [0, 0.1) is 12.8 Å². The Morgan fingerprint density at radius 1 is 1.08 bits per heavy atom. The monoisotopic (exact) mass is 349 g/mol. The van der Waals surface area contributed by atoms with E-state index in [0.717, 1.165) is 43.3 Å². The quantitative estimate of drug-likeness (QED) is 0.708. The second-order valence-electron chi connectivity index (χ2n) is 6.80. The molecule has 0 radical (unpaired) electrons. The Morgan fingerprint density at radius 3 is 2.69 bits per heavy atom. The lowest BCUT2D eigenvalue weighted by Gasteiger charge is -2.32. The molecule has 6 heteroatoms. The Morgan fingerprint density at radius 2 is 1.88 bits per heavy atom. The largest absolute Gasteiger partial charge is 0.493 e. The number of ether oxygens (including phenoxy) is 1. The van der Waals surface area contributed by atoms with Crippen molar-refractivity contribution < 1.29 is 4.74 Å². The van der Waals surface area contributed by atoms with Crippen molar-refractivity contribution in [2.45, 2.75) is 19.8 Å². The van der Waals surface area contributed by atoms with Crippen LogP contribution in [-0.2, 0) is 0 Å². The molecule has 2 aromatic carbocycles. The molecular weight excluding hydrogens is 326 g/mol. The first kappa shape index (κ1) is 16.6. The van der Waals surface area contributed by atoms with Gasteiger partial charge in [0.1, 0.15) is 5.75 Å². The van der Waals surface area contributed by atoms with Crippen LogP contribution in [-0.4, -0.2) is 39.9 Å². The molecular formula is C20H23N5O. The van der Waals surface area contributed by atoms with Gasteiger partial charge in [0, 0.05) is 19.0 Å². The van der Waals surface area contributed by atoms with E-state index in [9.17, 15) is 0 Å². The van der Waals surface area contributed by atoms with Gasteiger partial charge in [-0.3, -0.25) is 0 Å². The Labute approximate surface area is 153 Å². The minimum absolute atomic E-state index is 0.465. The summed E-state index contributed by atoms with van der Waals surface area (Å²) in [6, 6.07) is 18.2. The first-order valence-electron chi connectivity index (χ1n) is 9.08. The minimum atomic E-state index is 0.465. The van der Waals surface area contributed by atoms with Gasteiger partial charge in [-0.15, -0.1) is 0 Å². The maximum absolute atomic E-state index is 5.95. The zero-order valence-electron chi connectivity index (χ0n) is 15.0. The smallest absolute Gasteiger partial charge is 0.250 e. The first-order valence-corrected chi connectivity index (χ1v) is 9.08. The molecule has 6 nitrogen and oxygen atoms in total. The lowest BCUT2D eigenvalue weighted by atomic mass is 9.99. The number of hydrogen-bond acceptors (Lipinski definition) is 5. The van der Waals surface area contributed by atoms with Gasteiger partial charge in [-0.1, -0.05) is 41.0 Å². The second kappa shape index (κ2) is 7.56. The van der Waals surface area contributed by atoms with Crippen molar-refractivity contribution in [3.8, 4) is 11.4 Å². The van der Waals surface area contributed by atoms with Gasteiger partial charge < -0.3 is 9.64 Å². The molecule has 1 aliphatic heterocycles. The fraction of sp³-hybridized carbons (Fsp3) is 0.350. The van der Waals surface area contributed by atoms with E-state index < -0.39 is 0 Å². The molecule has 3 aromatic rings. The Balaban J connectivity index is 1.45. The van der Waals surface area contributed by atoms with Crippen molar-refractivity contribution >= 4 is 5.95 Å². The van der Waals surface area contributed by atoms with Gasteiger partial charge >= 0.3 is 0 Å². The molecule has 26 heavy (non-hydrogen) atoms. The standard InChI is InChI=1S/C20H23N5O/c1-16-9-11-18(12-10-16)25-20(21-22-23-25)24-13-5-6-17(14-24)15-26-19-7-3-2-4-8-19/h2-4,7-12,17H,5-6,13-15H2,1H3. The van der Waals surface area contributed by atoms with E-state index in [4.69, 9.17) is 4.74 Å². The summed E-state index contributed by atoms with van der Waals surface area (Å²) in [5.41, 5.74) is 2.21. The van der Waals surface area contributed by atoms with Gasteiger partial charge in [0.05, 0.1) is 12.3 Å². The van der Waals surface area contributed by atoms with Gasteiger partial charge in [0.2, 0.25) is 5.95 Å². The lowest BCUT2D eigenvalue weighted by Crippen LogP contribution is -2.39. The number of piperidine rings is 1. The molecule has 1 aliphatic rings. The molecule has 1 saturated heterocycles. The van der Waals surface area contributed by atoms with Crippen LogP contribution in [0.2, 0.25) is 0 Å². The Hall–Kier alpha value is -2.89. The topological polar surface area (TPSA) is 56.1 Å². The highest BCUT2D eigenvalue weighted by molar-refractivity contribution is 5.42. The van der Waals surface area contributed by atoms with Crippen molar-refractivity contribution in [3.05, 3.63) is 60.2 Å². The molecule has 1 atom stereocenters. The van der Waals surface area contributed by atoms with Crippen molar-refractivity contribution in [1.82, 2.24) is 20.2 Å². The highest BCUT2D eigenvalue weighted by atomic mass is 16.5. The summed E-state index contributed by atoms with van der Waals surface area (Å²) in [6.45, 7) is 4.66. The Kier molecular flexibility index (Phi) is 4.82. The summed E-state index contributed by atoms with van der Waals surface area (Å²) in [6.07, 6.45) is 2.28. The number of aryl methyl sites for hydroxylation is 1. The van der Waals surface area contributed by atoms with Crippen LogP contribution in [0.15, 0.2) is 54.6 Å². The van der Waals surface area contributed by atoms with E-state index in [2.05, 4.69) is 51.6 Å². The third-order valence-corrected chi connectivity index (χ3v) is 4.76. The first-order chi connectivity index (χ1) is 12.8. The van der Waals surface area contributed by atoms with Crippen LogP contribution in [0.3, 0.4) is 0 Å².